The molecule has 9 atom stereocenters. The van der Waals surface area contributed by atoms with Crippen molar-refractivity contribution < 1.29 is 24.5 Å². The maximum Gasteiger partial charge on any atom is 0.150 e. The third kappa shape index (κ3) is 6.33. The van der Waals surface area contributed by atoms with E-state index in [1.54, 1.807) is 0 Å². The Morgan fingerprint density at radius 3 is 2.50 bits per heavy atom. The second-order valence-corrected chi connectivity index (χ2v) is 10.8. The molecule has 0 saturated carbocycles. The molecule has 0 spiro atoms. The van der Waals surface area contributed by atoms with Crippen molar-refractivity contribution in [1.82, 2.24) is 4.90 Å². The Hall–Kier alpha value is 0.110. The molecule has 0 amide bonds. The number of aliphatic hydroxyl groups is 2. The minimum atomic E-state index is -1.16. The van der Waals surface area contributed by atoms with Crippen LogP contribution in [0.3, 0.4) is 0 Å². The van der Waals surface area contributed by atoms with Crippen LogP contribution in [0.1, 0.15) is 53.4 Å². The van der Waals surface area contributed by atoms with Gasteiger partial charge in [0.25, 0.3) is 0 Å². The molecule has 0 unspecified atom stereocenters. The van der Waals surface area contributed by atoms with E-state index in [-0.39, 0.29) is 29.7 Å². The summed E-state index contributed by atoms with van der Waals surface area (Å²) in [5, 5.41) is 21.2. The summed E-state index contributed by atoms with van der Waals surface area (Å²) in [5.74, 6) is 0.297. The van der Waals surface area contributed by atoms with E-state index in [1.165, 1.54) is 11.8 Å². The molecule has 0 aromatic carbocycles. The highest BCUT2D eigenvalue weighted by Gasteiger charge is 2.49. The molecule has 2 heterocycles. The average molecular weight is 466 g/mol. The molecule has 0 bridgehead atoms. The molecular weight excluding hydrogens is 426 g/mol. The number of halogens is 1. The lowest BCUT2D eigenvalue weighted by Crippen LogP contribution is -2.60. The van der Waals surface area contributed by atoms with Crippen LogP contribution >= 0.6 is 23.4 Å². The zero-order chi connectivity index (χ0) is 22.6. The number of aliphatic hydroxyl groups excluding tert-OH is 2. The molecule has 2 saturated heterocycles. The number of ether oxygens (including phenoxy) is 2. The largest absolute Gasteiger partial charge is 0.388 e. The van der Waals surface area contributed by atoms with Gasteiger partial charge in [0.1, 0.15) is 29.5 Å². The summed E-state index contributed by atoms with van der Waals surface area (Å²) < 4.78 is 12.0. The van der Waals surface area contributed by atoms with Crippen LogP contribution in [0.5, 0.6) is 0 Å². The number of likely N-dealkylation sites (tertiary alicyclic amines) is 1. The van der Waals surface area contributed by atoms with E-state index in [4.69, 9.17) is 21.1 Å². The molecule has 6 nitrogen and oxygen atoms in total. The first-order valence-electron chi connectivity index (χ1n) is 11.2. The van der Waals surface area contributed by atoms with E-state index in [2.05, 4.69) is 11.8 Å². The first-order chi connectivity index (χ1) is 14.1. The SMILES string of the molecule is CCC[C@@H]1C[C@@H](C(=O)C[C@@H]([C@H]2O[C@H](SC)[C@H](OC(C)C)[C@@H](O)[C@H]2O)[C@H](C)Cl)N(C)C1. The Morgan fingerprint density at radius 1 is 1.30 bits per heavy atom. The Bertz CT molecular complexity index is 550. The summed E-state index contributed by atoms with van der Waals surface area (Å²) in [6.45, 7) is 8.70. The van der Waals surface area contributed by atoms with E-state index in [0.717, 1.165) is 25.8 Å². The fraction of sp³-hybridized carbons (Fsp3) is 0.955. The number of nitrogens with zero attached hydrogens (tertiary/aromatic N) is 1. The van der Waals surface area contributed by atoms with Gasteiger partial charge in [0.15, 0.2) is 0 Å². The normalized spacial score (nSPS) is 37.5. The maximum absolute atomic E-state index is 13.2. The van der Waals surface area contributed by atoms with Gasteiger partial charge in [0.2, 0.25) is 0 Å². The highest BCUT2D eigenvalue weighted by atomic mass is 35.5. The zero-order valence-corrected chi connectivity index (χ0v) is 20.7. The van der Waals surface area contributed by atoms with Gasteiger partial charge in [-0.25, -0.2) is 0 Å². The van der Waals surface area contributed by atoms with E-state index >= 15 is 0 Å². The van der Waals surface area contributed by atoms with Crippen LogP contribution in [0.15, 0.2) is 0 Å². The third-order valence-corrected chi connectivity index (χ3v) is 7.56. The smallest absolute Gasteiger partial charge is 0.150 e. The molecule has 2 aliphatic rings. The number of rotatable bonds is 10. The fourth-order valence-electron chi connectivity index (χ4n) is 4.87. The van der Waals surface area contributed by atoms with E-state index in [1.807, 2.05) is 34.1 Å². The van der Waals surface area contributed by atoms with Crippen molar-refractivity contribution in [1.29, 1.82) is 0 Å². The lowest BCUT2D eigenvalue weighted by molar-refractivity contribution is -0.231. The first-order valence-corrected chi connectivity index (χ1v) is 12.9. The van der Waals surface area contributed by atoms with Crippen molar-refractivity contribution in [3.8, 4) is 0 Å². The van der Waals surface area contributed by atoms with Gasteiger partial charge in [-0.15, -0.1) is 23.4 Å². The summed E-state index contributed by atoms with van der Waals surface area (Å²) >= 11 is 7.92. The quantitative estimate of drug-likeness (QED) is 0.480. The second kappa shape index (κ2) is 11.8. The summed E-state index contributed by atoms with van der Waals surface area (Å²) in [6, 6.07) is -0.113. The van der Waals surface area contributed by atoms with Crippen molar-refractivity contribution in [3.63, 3.8) is 0 Å². The number of thioether (sulfide) groups is 1. The molecule has 176 valence electrons. The molecule has 0 aliphatic carbocycles. The number of Topliss-reactive ketones (excluding diaryl/α,β-unsaturated/α-hetero) is 1. The third-order valence-electron chi connectivity index (χ3n) is 6.40. The number of carbonyl (C=O) groups is 1. The number of ketones is 1. The lowest BCUT2D eigenvalue weighted by Gasteiger charge is -2.45. The monoisotopic (exact) mass is 465 g/mol. The molecule has 0 aromatic heterocycles. The molecule has 8 heteroatoms. The maximum atomic E-state index is 13.2. The highest BCUT2D eigenvalue weighted by Crippen LogP contribution is 2.37. The minimum Gasteiger partial charge on any atom is -0.388 e. The summed E-state index contributed by atoms with van der Waals surface area (Å²) in [5.41, 5.74) is -0.438. The van der Waals surface area contributed by atoms with E-state index in [0.29, 0.717) is 5.92 Å². The lowest BCUT2D eigenvalue weighted by atomic mass is 9.83. The predicted octanol–water partition coefficient (Wildman–Crippen LogP) is 2.91. The standard InChI is InChI=1S/C22H40ClNO5S/c1-7-8-14-9-16(24(5)11-14)17(25)10-15(13(4)23)20-18(26)19(27)21(28-12(2)3)22(29-20)30-6/h12-16,18-22,26-27H,7-11H2,1-6H3/t13-,14+,15+,16-,18+,19-,20+,21+,22+/m0/s1. The van der Waals surface area contributed by atoms with Gasteiger partial charge in [-0.3, -0.25) is 9.69 Å². The average Bonchev–Trinajstić information content (AvgIpc) is 3.04. The topological polar surface area (TPSA) is 79.2 Å². The van der Waals surface area contributed by atoms with E-state index in [9.17, 15) is 15.0 Å². The minimum absolute atomic E-state index is 0.107. The molecular formula is C22H40ClNO5S. The summed E-state index contributed by atoms with van der Waals surface area (Å²) in [6.07, 6.45) is 1.51. The summed E-state index contributed by atoms with van der Waals surface area (Å²) in [4.78, 5) is 15.3. The number of likely N-dealkylation sites (N-methyl/N-ethyl adjacent to an activating group) is 1. The molecule has 2 rings (SSSR count). The van der Waals surface area contributed by atoms with Crippen LogP contribution in [0.25, 0.3) is 0 Å². The summed E-state index contributed by atoms with van der Waals surface area (Å²) in [7, 11) is 2.00. The van der Waals surface area contributed by atoms with Crippen LogP contribution in [0.4, 0.5) is 0 Å². The van der Waals surface area contributed by atoms with Crippen LogP contribution in [0.2, 0.25) is 0 Å². The van der Waals surface area contributed by atoms with Crippen molar-refractivity contribution in [2.75, 3.05) is 19.8 Å². The Morgan fingerprint density at radius 2 is 1.97 bits per heavy atom. The molecule has 30 heavy (non-hydrogen) atoms. The number of hydrogen-bond acceptors (Lipinski definition) is 7. The zero-order valence-electron chi connectivity index (χ0n) is 19.2. The highest BCUT2D eigenvalue weighted by molar-refractivity contribution is 7.99. The van der Waals surface area contributed by atoms with Crippen LogP contribution in [-0.2, 0) is 14.3 Å². The van der Waals surface area contributed by atoms with Crippen molar-refractivity contribution in [2.24, 2.45) is 11.8 Å². The van der Waals surface area contributed by atoms with Crippen molar-refractivity contribution >= 4 is 29.1 Å². The van der Waals surface area contributed by atoms with Gasteiger partial charge >= 0.3 is 0 Å². The van der Waals surface area contributed by atoms with Crippen LogP contribution < -0.4 is 0 Å². The number of alkyl halides is 1. The second-order valence-electron chi connectivity index (χ2n) is 9.19. The van der Waals surface area contributed by atoms with Gasteiger partial charge in [-0.1, -0.05) is 13.3 Å². The Balaban J connectivity index is 2.12. The van der Waals surface area contributed by atoms with Crippen molar-refractivity contribution in [2.45, 2.75) is 101 Å². The van der Waals surface area contributed by atoms with Crippen LogP contribution in [-0.4, -0.2) is 88.1 Å². The fourth-order valence-corrected chi connectivity index (χ4v) is 5.84. The van der Waals surface area contributed by atoms with Gasteiger partial charge in [0.05, 0.1) is 18.2 Å². The van der Waals surface area contributed by atoms with Gasteiger partial charge in [0, 0.05) is 24.3 Å². The molecule has 2 N–H and O–H groups in total. The number of carbonyl (C=O) groups excluding carboxylic acids is 1. The Kier molecular flexibility index (Phi) is 10.4. The van der Waals surface area contributed by atoms with Gasteiger partial charge in [-0.05, 0) is 52.8 Å². The molecule has 0 radical (unpaired) electrons. The van der Waals surface area contributed by atoms with Crippen molar-refractivity contribution in [3.05, 3.63) is 0 Å². The number of hydrogen-bond donors (Lipinski definition) is 2. The molecule has 2 fully saturated rings. The first kappa shape index (κ1) is 26.4. The van der Waals surface area contributed by atoms with Gasteiger partial charge in [-0.2, -0.15) is 0 Å². The van der Waals surface area contributed by atoms with Gasteiger partial charge < -0.3 is 19.7 Å². The molecule has 2 aliphatic heterocycles. The molecule has 0 aromatic rings. The van der Waals surface area contributed by atoms with Crippen LogP contribution in [0, 0.1) is 11.8 Å². The van der Waals surface area contributed by atoms with E-state index < -0.39 is 35.8 Å². The predicted molar refractivity (Wildman–Crippen MR) is 122 cm³/mol. The Labute approximate surface area is 191 Å².